The molecule has 1 aromatic carbocycles. The smallest absolute Gasteiger partial charge is 0.285 e. The lowest BCUT2D eigenvalue weighted by molar-refractivity contribution is -0.385. The van der Waals surface area contributed by atoms with E-state index >= 15 is 0 Å². The largest absolute Gasteiger partial charge is 0.350 e. The average Bonchev–Trinajstić information content (AvgIpc) is 3.02. The summed E-state index contributed by atoms with van der Waals surface area (Å²) in [6.45, 7) is 1.76. The maximum absolute atomic E-state index is 12.0. The molecule has 0 aliphatic carbocycles. The van der Waals surface area contributed by atoms with Crippen LogP contribution in [0.1, 0.15) is 16.7 Å². The minimum Gasteiger partial charge on any atom is -0.350 e. The standard InChI is InChI=1S/C16H16N4O4.ClH/c21-15(10-19-9-14(20(23)24)3-4-16(19)22)18-6-11-1-2-12-7-17-8-13(12)5-11;/h1-5,9,17H,6-8,10H2,(H,18,21);1H. The van der Waals surface area contributed by atoms with Crippen molar-refractivity contribution >= 4 is 24.0 Å². The molecule has 3 rings (SSSR count). The second kappa shape index (κ2) is 7.91. The van der Waals surface area contributed by atoms with Crippen LogP contribution in [-0.4, -0.2) is 15.4 Å². The molecule has 25 heavy (non-hydrogen) atoms. The highest BCUT2D eigenvalue weighted by atomic mass is 35.5. The van der Waals surface area contributed by atoms with Crippen LogP contribution in [0.25, 0.3) is 0 Å². The van der Waals surface area contributed by atoms with Crippen LogP contribution in [0.4, 0.5) is 5.69 Å². The third-order valence-electron chi connectivity index (χ3n) is 3.88. The molecular formula is C16H17ClN4O4. The van der Waals surface area contributed by atoms with E-state index < -0.39 is 10.5 Å². The molecule has 2 heterocycles. The highest BCUT2D eigenvalue weighted by Gasteiger charge is 2.12. The van der Waals surface area contributed by atoms with E-state index in [1.165, 1.54) is 11.1 Å². The summed E-state index contributed by atoms with van der Waals surface area (Å²) in [7, 11) is 0. The maximum Gasteiger partial charge on any atom is 0.285 e. The van der Waals surface area contributed by atoms with Crippen molar-refractivity contribution in [3.05, 3.63) is 73.7 Å². The molecule has 1 aliphatic rings. The van der Waals surface area contributed by atoms with Crippen LogP contribution in [0.15, 0.2) is 41.3 Å². The maximum atomic E-state index is 12.0. The van der Waals surface area contributed by atoms with E-state index in [0.29, 0.717) is 6.54 Å². The topological polar surface area (TPSA) is 106 Å². The number of aromatic nitrogens is 1. The minimum atomic E-state index is -0.605. The van der Waals surface area contributed by atoms with Crippen molar-refractivity contribution in [1.82, 2.24) is 15.2 Å². The summed E-state index contributed by atoms with van der Waals surface area (Å²) in [6.07, 6.45) is 1.07. The van der Waals surface area contributed by atoms with E-state index in [0.717, 1.165) is 41.5 Å². The molecule has 0 atom stereocenters. The number of hydrogen-bond acceptors (Lipinski definition) is 5. The van der Waals surface area contributed by atoms with Crippen molar-refractivity contribution in [3.8, 4) is 0 Å². The Hall–Kier alpha value is -2.71. The van der Waals surface area contributed by atoms with Crippen LogP contribution in [0, 0.1) is 10.1 Å². The molecule has 0 bridgehead atoms. The molecular weight excluding hydrogens is 348 g/mol. The molecule has 2 aromatic rings. The van der Waals surface area contributed by atoms with E-state index in [9.17, 15) is 19.7 Å². The molecule has 8 nitrogen and oxygen atoms in total. The van der Waals surface area contributed by atoms with Crippen LogP contribution in [0.5, 0.6) is 0 Å². The van der Waals surface area contributed by atoms with Gasteiger partial charge < -0.3 is 10.6 Å². The lowest BCUT2D eigenvalue weighted by Gasteiger charge is -2.08. The molecule has 1 amide bonds. The monoisotopic (exact) mass is 364 g/mol. The second-order valence-corrected chi connectivity index (χ2v) is 5.59. The van der Waals surface area contributed by atoms with E-state index in [2.05, 4.69) is 10.6 Å². The first-order valence-corrected chi connectivity index (χ1v) is 7.46. The number of fused-ring (bicyclic) bond motifs is 1. The molecule has 0 saturated carbocycles. The predicted molar refractivity (Wildman–Crippen MR) is 93.4 cm³/mol. The number of amides is 1. The number of carbonyl (C=O) groups excluding carboxylic acids is 1. The van der Waals surface area contributed by atoms with Crippen molar-refractivity contribution in [2.75, 3.05) is 0 Å². The van der Waals surface area contributed by atoms with Gasteiger partial charge in [-0.15, -0.1) is 12.4 Å². The minimum absolute atomic E-state index is 0. The summed E-state index contributed by atoms with van der Waals surface area (Å²) in [4.78, 5) is 33.8. The average molecular weight is 365 g/mol. The number of nitrogens with zero attached hydrogens (tertiary/aromatic N) is 2. The summed E-state index contributed by atoms with van der Waals surface area (Å²) < 4.78 is 1.03. The number of carbonyl (C=O) groups is 1. The zero-order valence-corrected chi connectivity index (χ0v) is 14.0. The number of rotatable bonds is 5. The van der Waals surface area contributed by atoms with Crippen LogP contribution < -0.4 is 16.2 Å². The normalized spacial score (nSPS) is 12.2. The van der Waals surface area contributed by atoms with Gasteiger partial charge in [0.05, 0.1) is 11.1 Å². The Morgan fingerprint density at radius 2 is 2.00 bits per heavy atom. The molecule has 0 saturated heterocycles. The van der Waals surface area contributed by atoms with Gasteiger partial charge in [-0.2, -0.15) is 0 Å². The Bertz CT molecular complexity index is 865. The van der Waals surface area contributed by atoms with Crippen LogP contribution in [0.3, 0.4) is 0 Å². The summed E-state index contributed by atoms with van der Waals surface area (Å²) in [5.41, 5.74) is 2.76. The Kier molecular flexibility index (Phi) is 5.89. The Balaban J connectivity index is 0.00000225. The predicted octanol–water partition coefficient (Wildman–Crippen LogP) is 1.10. The van der Waals surface area contributed by atoms with Gasteiger partial charge in [0.1, 0.15) is 6.54 Å². The van der Waals surface area contributed by atoms with Crippen molar-refractivity contribution in [1.29, 1.82) is 0 Å². The molecule has 2 N–H and O–H groups in total. The first-order chi connectivity index (χ1) is 11.5. The quantitative estimate of drug-likeness (QED) is 0.610. The summed E-state index contributed by atoms with van der Waals surface area (Å²) in [6, 6.07) is 8.22. The molecule has 0 fully saturated rings. The zero-order chi connectivity index (χ0) is 17.1. The fraction of sp³-hybridized carbons (Fsp3) is 0.250. The third-order valence-corrected chi connectivity index (χ3v) is 3.88. The van der Waals surface area contributed by atoms with Crippen molar-refractivity contribution in [2.45, 2.75) is 26.2 Å². The molecule has 0 radical (unpaired) electrons. The van der Waals surface area contributed by atoms with Crippen molar-refractivity contribution in [2.24, 2.45) is 0 Å². The Morgan fingerprint density at radius 3 is 2.76 bits per heavy atom. The number of hydrogen-bond donors (Lipinski definition) is 2. The first kappa shape index (κ1) is 18.6. The highest BCUT2D eigenvalue weighted by Crippen LogP contribution is 2.16. The lowest BCUT2D eigenvalue weighted by Crippen LogP contribution is -2.31. The van der Waals surface area contributed by atoms with E-state index in [-0.39, 0.29) is 30.5 Å². The molecule has 132 valence electrons. The molecule has 1 aliphatic heterocycles. The third kappa shape index (κ3) is 4.43. The van der Waals surface area contributed by atoms with Gasteiger partial charge in [0.25, 0.3) is 11.2 Å². The van der Waals surface area contributed by atoms with Crippen LogP contribution >= 0.6 is 12.4 Å². The van der Waals surface area contributed by atoms with Gasteiger partial charge in [-0.1, -0.05) is 18.2 Å². The van der Waals surface area contributed by atoms with Gasteiger partial charge in [0.15, 0.2) is 0 Å². The number of pyridine rings is 1. The summed E-state index contributed by atoms with van der Waals surface area (Å²) in [5, 5.41) is 16.7. The van der Waals surface area contributed by atoms with E-state index in [4.69, 9.17) is 0 Å². The first-order valence-electron chi connectivity index (χ1n) is 7.46. The van der Waals surface area contributed by atoms with Crippen LogP contribution in [-0.2, 0) is 31.0 Å². The number of benzene rings is 1. The second-order valence-electron chi connectivity index (χ2n) is 5.59. The van der Waals surface area contributed by atoms with Crippen molar-refractivity contribution < 1.29 is 9.72 Å². The number of nitrogens with one attached hydrogen (secondary N) is 2. The highest BCUT2D eigenvalue weighted by molar-refractivity contribution is 5.85. The van der Waals surface area contributed by atoms with Gasteiger partial charge in [0.2, 0.25) is 5.91 Å². The van der Waals surface area contributed by atoms with E-state index in [1.54, 1.807) is 0 Å². The summed E-state index contributed by atoms with van der Waals surface area (Å²) in [5.74, 6) is -0.378. The molecule has 9 heteroatoms. The zero-order valence-electron chi connectivity index (χ0n) is 13.2. The van der Waals surface area contributed by atoms with Crippen LogP contribution in [0.2, 0.25) is 0 Å². The molecule has 1 aromatic heterocycles. The van der Waals surface area contributed by atoms with Gasteiger partial charge in [0, 0.05) is 31.8 Å². The van der Waals surface area contributed by atoms with Crippen molar-refractivity contribution in [3.63, 3.8) is 0 Å². The van der Waals surface area contributed by atoms with Gasteiger partial charge in [-0.05, 0) is 16.7 Å². The molecule has 0 spiro atoms. The van der Waals surface area contributed by atoms with Gasteiger partial charge in [-0.25, -0.2) is 0 Å². The summed E-state index contributed by atoms with van der Waals surface area (Å²) >= 11 is 0. The SMILES string of the molecule is Cl.O=C(Cn1cc([N+](=O)[O-])ccc1=O)NCc1ccc2c(c1)CNC2. The lowest BCUT2D eigenvalue weighted by atomic mass is 10.1. The Labute approximate surface area is 149 Å². The van der Waals surface area contributed by atoms with E-state index in [1.807, 2.05) is 18.2 Å². The van der Waals surface area contributed by atoms with Gasteiger partial charge in [-0.3, -0.25) is 24.3 Å². The number of nitro groups is 1. The number of halogens is 1. The molecule has 0 unspecified atom stereocenters. The fourth-order valence-electron chi connectivity index (χ4n) is 2.62. The van der Waals surface area contributed by atoms with Gasteiger partial charge >= 0.3 is 0 Å². The fourth-order valence-corrected chi connectivity index (χ4v) is 2.62. The Morgan fingerprint density at radius 1 is 1.24 bits per heavy atom.